The van der Waals surface area contributed by atoms with E-state index in [1.54, 1.807) is 24.3 Å². The van der Waals surface area contributed by atoms with Crippen LogP contribution in [0.2, 0.25) is 0 Å². The van der Waals surface area contributed by atoms with Crippen LogP contribution in [-0.4, -0.2) is 10.2 Å². The Labute approximate surface area is 127 Å². The molecule has 2 aromatic carbocycles. The Kier molecular flexibility index (Phi) is 3.84. The normalized spacial score (nSPS) is 11.6. The van der Waals surface area contributed by atoms with E-state index in [1.165, 1.54) is 0 Å². The van der Waals surface area contributed by atoms with Crippen molar-refractivity contribution in [2.24, 2.45) is 0 Å². The molecule has 0 saturated carbocycles. The predicted molar refractivity (Wildman–Crippen MR) is 79.9 cm³/mol. The summed E-state index contributed by atoms with van der Waals surface area (Å²) in [5, 5.41) is 16.8. The Morgan fingerprint density at radius 3 is 2.45 bits per heavy atom. The highest BCUT2D eigenvalue weighted by Gasteiger charge is 2.16. The van der Waals surface area contributed by atoms with Gasteiger partial charge in [-0.2, -0.15) is 5.26 Å². The first-order valence-corrected chi connectivity index (χ1v) is 6.82. The molecule has 0 N–H and O–H groups in total. The summed E-state index contributed by atoms with van der Waals surface area (Å²) in [6.07, 6.45) is -0.377. The van der Waals surface area contributed by atoms with Crippen molar-refractivity contribution < 1.29 is 9.15 Å². The summed E-state index contributed by atoms with van der Waals surface area (Å²) in [6, 6.07) is 18.5. The summed E-state index contributed by atoms with van der Waals surface area (Å²) < 4.78 is 11.4. The Bertz CT molecular complexity index is 789. The second-order valence-corrected chi connectivity index (χ2v) is 4.71. The summed E-state index contributed by atoms with van der Waals surface area (Å²) in [7, 11) is 0. The summed E-state index contributed by atoms with van der Waals surface area (Å²) >= 11 is 0. The fourth-order valence-corrected chi connectivity index (χ4v) is 1.96. The van der Waals surface area contributed by atoms with E-state index in [1.807, 2.05) is 37.3 Å². The van der Waals surface area contributed by atoms with E-state index in [0.29, 0.717) is 23.1 Å². The average Bonchev–Trinajstić information content (AvgIpc) is 3.06. The molecule has 0 aliphatic rings. The highest BCUT2D eigenvalue weighted by atomic mass is 16.5. The first kappa shape index (κ1) is 13.8. The van der Waals surface area contributed by atoms with E-state index >= 15 is 0 Å². The van der Waals surface area contributed by atoms with Crippen LogP contribution in [0.15, 0.2) is 59.0 Å². The van der Waals surface area contributed by atoms with E-state index in [2.05, 4.69) is 16.3 Å². The number of hydrogen-bond donors (Lipinski definition) is 0. The van der Waals surface area contributed by atoms with Gasteiger partial charge < -0.3 is 9.15 Å². The van der Waals surface area contributed by atoms with Crippen LogP contribution in [0.1, 0.15) is 24.5 Å². The summed E-state index contributed by atoms with van der Waals surface area (Å²) in [5.74, 6) is 1.51. The Morgan fingerprint density at radius 2 is 1.77 bits per heavy atom. The Balaban J connectivity index is 1.74. The maximum atomic E-state index is 8.78. The molecule has 0 saturated heterocycles. The third kappa shape index (κ3) is 2.96. The third-order valence-corrected chi connectivity index (χ3v) is 3.11. The lowest BCUT2D eigenvalue weighted by Gasteiger charge is -2.10. The van der Waals surface area contributed by atoms with Gasteiger partial charge in [0.25, 0.3) is 5.89 Å². The molecule has 0 aliphatic carbocycles. The Morgan fingerprint density at radius 1 is 1.05 bits per heavy atom. The zero-order valence-electron chi connectivity index (χ0n) is 11.9. The summed E-state index contributed by atoms with van der Waals surface area (Å²) in [4.78, 5) is 0. The van der Waals surface area contributed by atoms with Gasteiger partial charge in [-0.05, 0) is 43.3 Å². The number of aromatic nitrogens is 2. The second-order valence-electron chi connectivity index (χ2n) is 4.71. The zero-order valence-corrected chi connectivity index (χ0v) is 11.9. The molecule has 3 aromatic rings. The molecule has 0 aliphatic heterocycles. The van der Waals surface area contributed by atoms with Gasteiger partial charge >= 0.3 is 0 Å². The van der Waals surface area contributed by atoms with E-state index in [9.17, 15) is 0 Å². The van der Waals surface area contributed by atoms with Gasteiger partial charge in [0.2, 0.25) is 5.89 Å². The van der Waals surface area contributed by atoms with Gasteiger partial charge in [-0.3, -0.25) is 0 Å². The van der Waals surface area contributed by atoms with Crippen molar-refractivity contribution >= 4 is 0 Å². The largest absolute Gasteiger partial charge is 0.481 e. The van der Waals surface area contributed by atoms with Gasteiger partial charge in [0.05, 0.1) is 11.6 Å². The number of hydrogen-bond acceptors (Lipinski definition) is 5. The molecule has 0 fully saturated rings. The number of nitrogens with zero attached hydrogens (tertiary/aromatic N) is 3. The monoisotopic (exact) mass is 291 g/mol. The minimum absolute atomic E-state index is 0.377. The van der Waals surface area contributed by atoms with Crippen LogP contribution in [0.4, 0.5) is 0 Å². The van der Waals surface area contributed by atoms with Crippen molar-refractivity contribution in [3.8, 4) is 23.3 Å². The summed E-state index contributed by atoms with van der Waals surface area (Å²) in [6.45, 7) is 1.83. The zero-order chi connectivity index (χ0) is 15.4. The van der Waals surface area contributed by atoms with E-state index in [4.69, 9.17) is 14.4 Å². The molecule has 1 unspecified atom stereocenters. The molecule has 1 heterocycles. The van der Waals surface area contributed by atoms with Crippen molar-refractivity contribution in [1.29, 1.82) is 5.26 Å². The molecular formula is C17H13N3O2. The molecule has 0 radical (unpaired) electrons. The van der Waals surface area contributed by atoms with Crippen molar-refractivity contribution in [2.45, 2.75) is 13.0 Å². The predicted octanol–water partition coefficient (Wildman–Crippen LogP) is 3.75. The highest BCUT2D eigenvalue weighted by Crippen LogP contribution is 2.24. The Hall–Kier alpha value is -3.13. The number of benzene rings is 2. The molecule has 0 bridgehead atoms. The van der Waals surface area contributed by atoms with Gasteiger partial charge in [0.15, 0.2) is 6.10 Å². The molecule has 1 aromatic heterocycles. The quantitative estimate of drug-likeness (QED) is 0.732. The van der Waals surface area contributed by atoms with Crippen LogP contribution in [0, 0.1) is 11.3 Å². The van der Waals surface area contributed by atoms with Crippen LogP contribution in [0.5, 0.6) is 5.75 Å². The third-order valence-electron chi connectivity index (χ3n) is 3.11. The van der Waals surface area contributed by atoms with Crippen molar-refractivity contribution in [1.82, 2.24) is 10.2 Å². The van der Waals surface area contributed by atoms with Gasteiger partial charge in [-0.25, -0.2) is 0 Å². The van der Waals surface area contributed by atoms with E-state index in [0.717, 1.165) is 5.56 Å². The van der Waals surface area contributed by atoms with Gasteiger partial charge in [0.1, 0.15) is 5.75 Å². The van der Waals surface area contributed by atoms with E-state index in [-0.39, 0.29) is 6.10 Å². The molecular weight excluding hydrogens is 278 g/mol. The minimum atomic E-state index is -0.377. The lowest BCUT2D eigenvalue weighted by Crippen LogP contribution is -2.03. The lowest BCUT2D eigenvalue weighted by molar-refractivity contribution is 0.189. The molecule has 108 valence electrons. The van der Waals surface area contributed by atoms with Crippen LogP contribution < -0.4 is 4.74 Å². The van der Waals surface area contributed by atoms with Crippen molar-refractivity contribution in [3.05, 3.63) is 66.1 Å². The van der Waals surface area contributed by atoms with Gasteiger partial charge in [-0.15, -0.1) is 10.2 Å². The molecule has 5 heteroatoms. The highest BCUT2D eigenvalue weighted by molar-refractivity contribution is 5.51. The maximum Gasteiger partial charge on any atom is 0.257 e. The fourth-order valence-electron chi connectivity index (χ4n) is 1.96. The van der Waals surface area contributed by atoms with Crippen LogP contribution in [-0.2, 0) is 0 Å². The molecule has 3 rings (SSSR count). The number of ether oxygens (including phenoxy) is 1. The van der Waals surface area contributed by atoms with Crippen LogP contribution in [0.25, 0.3) is 11.5 Å². The SMILES string of the molecule is CC(Oc1ccc(C#N)cc1)c1nnc(-c2ccccc2)o1. The first-order chi connectivity index (χ1) is 10.8. The number of nitriles is 1. The van der Waals surface area contributed by atoms with Gasteiger partial charge in [0, 0.05) is 5.56 Å². The smallest absolute Gasteiger partial charge is 0.257 e. The van der Waals surface area contributed by atoms with Gasteiger partial charge in [-0.1, -0.05) is 18.2 Å². The second kappa shape index (κ2) is 6.10. The molecule has 22 heavy (non-hydrogen) atoms. The van der Waals surface area contributed by atoms with Crippen LogP contribution >= 0.6 is 0 Å². The molecule has 0 amide bonds. The summed E-state index contributed by atoms with van der Waals surface area (Å²) in [5.41, 5.74) is 1.45. The fraction of sp³-hybridized carbons (Fsp3) is 0.118. The average molecular weight is 291 g/mol. The van der Waals surface area contributed by atoms with Crippen LogP contribution in [0.3, 0.4) is 0 Å². The lowest BCUT2D eigenvalue weighted by atomic mass is 10.2. The van der Waals surface area contributed by atoms with Crippen molar-refractivity contribution in [3.63, 3.8) is 0 Å². The van der Waals surface area contributed by atoms with Crippen molar-refractivity contribution in [2.75, 3.05) is 0 Å². The van der Waals surface area contributed by atoms with E-state index < -0.39 is 0 Å². The minimum Gasteiger partial charge on any atom is -0.481 e. The standard InChI is InChI=1S/C17H13N3O2/c1-12(21-15-9-7-13(11-18)8-10-15)16-19-20-17(22-16)14-5-3-2-4-6-14/h2-10,12H,1H3. The number of rotatable bonds is 4. The topological polar surface area (TPSA) is 71.9 Å². The molecule has 1 atom stereocenters. The maximum absolute atomic E-state index is 8.78. The first-order valence-electron chi connectivity index (χ1n) is 6.82. The molecule has 0 spiro atoms. The molecule has 5 nitrogen and oxygen atoms in total.